The quantitative estimate of drug-likeness (QED) is 0.848. The summed E-state index contributed by atoms with van der Waals surface area (Å²) in [5.41, 5.74) is 6.26. The summed E-state index contributed by atoms with van der Waals surface area (Å²) in [5, 5.41) is 0.840. The maximum atomic E-state index is 12.0. The van der Waals surface area contributed by atoms with Crippen LogP contribution in [-0.2, 0) is 4.74 Å². The van der Waals surface area contributed by atoms with E-state index in [0.29, 0.717) is 18.2 Å². The Morgan fingerprint density at radius 2 is 2.25 bits per heavy atom. The third-order valence-corrected chi connectivity index (χ3v) is 4.64. The first-order valence-corrected chi connectivity index (χ1v) is 7.73. The second-order valence-electron chi connectivity index (χ2n) is 4.96. The van der Waals surface area contributed by atoms with Gasteiger partial charge in [0.15, 0.2) is 5.82 Å². The van der Waals surface area contributed by atoms with E-state index < -0.39 is 0 Å². The smallest absolute Gasteiger partial charge is 0.345 e. The Hall–Kier alpha value is -1.34. The summed E-state index contributed by atoms with van der Waals surface area (Å²) in [6.45, 7) is 7.04. The Bertz CT molecular complexity index is 477. The highest BCUT2D eigenvalue weighted by Gasteiger charge is 2.29. The van der Waals surface area contributed by atoms with Crippen molar-refractivity contribution in [2.45, 2.75) is 26.3 Å². The topological polar surface area (TPSA) is 71.7 Å². The molecular weight excluding hydrogens is 276 g/mol. The van der Waals surface area contributed by atoms with E-state index in [2.05, 4.69) is 28.1 Å². The lowest BCUT2D eigenvalue weighted by Gasteiger charge is -2.39. The van der Waals surface area contributed by atoms with E-state index in [9.17, 15) is 4.79 Å². The average Bonchev–Trinajstić information content (AvgIpc) is 2.81. The molecule has 1 aromatic rings. The van der Waals surface area contributed by atoms with E-state index >= 15 is 0 Å². The monoisotopic (exact) mass is 298 g/mol. The molecule has 7 heteroatoms. The summed E-state index contributed by atoms with van der Waals surface area (Å²) >= 11 is 1.28. The molecular formula is C13H22N4O2S. The Balaban J connectivity index is 2.23. The van der Waals surface area contributed by atoms with Crippen LogP contribution in [0.4, 0.5) is 10.8 Å². The lowest BCUT2D eigenvalue weighted by atomic mass is 10.1. The second kappa shape index (κ2) is 6.41. The van der Waals surface area contributed by atoms with E-state index in [0.717, 1.165) is 31.1 Å². The number of nitrogens with zero attached hydrogens (tertiary/aromatic N) is 3. The van der Waals surface area contributed by atoms with Crippen LogP contribution in [-0.4, -0.2) is 54.6 Å². The van der Waals surface area contributed by atoms with Crippen molar-refractivity contribution in [1.82, 2.24) is 9.27 Å². The molecule has 2 N–H and O–H groups in total. The van der Waals surface area contributed by atoms with E-state index in [1.807, 2.05) is 0 Å². The largest absolute Gasteiger partial charge is 0.462 e. The molecule has 1 aliphatic rings. The summed E-state index contributed by atoms with van der Waals surface area (Å²) < 4.78 is 9.21. The van der Waals surface area contributed by atoms with Gasteiger partial charge in [0.1, 0.15) is 10.6 Å². The number of nitrogen functional groups attached to an aromatic ring is 1. The zero-order chi connectivity index (χ0) is 14.7. The maximum absolute atomic E-state index is 12.0. The van der Waals surface area contributed by atoms with Crippen LogP contribution in [0.25, 0.3) is 0 Å². The normalized spacial score (nSPS) is 20.1. The minimum Gasteiger partial charge on any atom is -0.462 e. The molecule has 6 nitrogen and oxygen atoms in total. The minimum atomic E-state index is -0.374. The highest BCUT2D eigenvalue weighted by Crippen LogP contribution is 2.32. The van der Waals surface area contributed by atoms with Gasteiger partial charge in [-0.05, 0) is 31.9 Å². The molecule has 0 aromatic carbocycles. The second-order valence-corrected chi connectivity index (χ2v) is 5.71. The predicted molar refractivity (Wildman–Crippen MR) is 81.4 cm³/mol. The minimum absolute atomic E-state index is 0.274. The maximum Gasteiger partial charge on any atom is 0.345 e. The van der Waals surface area contributed by atoms with Gasteiger partial charge in [-0.25, -0.2) is 4.79 Å². The van der Waals surface area contributed by atoms with Crippen molar-refractivity contribution in [3.05, 3.63) is 5.56 Å². The molecule has 1 fully saturated rings. The summed E-state index contributed by atoms with van der Waals surface area (Å²) in [5.74, 6) is -0.101. The lowest BCUT2D eigenvalue weighted by molar-refractivity contribution is 0.0528. The fraction of sp³-hybridized carbons (Fsp3) is 0.692. The molecule has 0 aliphatic carbocycles. The number of hydrogen-bond donors (Lipinski definition) is 1. The number of esters is 1. The SMILES string of the molecule is CCOC(=O)c1c(N)nsc1N1CCN(C)C(CC)C1. The molecule has 0 radical (unpaired) electrons. The molecule has 20 heavy (non-hydrogen) atoms. The van der Waals surface area contributed by atoms with Gasteiger partial charge in [0.2, 0.25) is 0 Å². The van der Waals surface area contributed by atoms with E-state index in [1.54, 1.807) is 6.92 Å². The number of likely N-dealkylation sites (N-methyl/N-ethyl adjacent to an activating group) is 1. The predicted octanol–water partition coefficient (Wildman–Crippen LogP) is 1.43. The van der Waals surface area contributed by atoms with Gasteiger partial charge in [0.05, 0.1) is 6.61 Å². The molecule has 112 valence electrons. The first kappa shape index (κ1) is 15.1. The third kappa shape index (κ3) is 2.88. The number of piperazine rings is 1. The Morgan fingerprint density at radius 1 is 1.50 bits per heavy atom. The van der Waals surface area contributed by atoms with Crippen molar-refractivity contribution < 1.29 is 9.53 Å². The third-order valence-electron chi connectivity index (χ3n) is 3.72. The molecule has 0 amide bonds. The van der Waals surface area contributed by atoms with Crippen LogP contribution in [0.3, 0.4) is 0 Å². The van der Waals surface area contributed by atoms with Crippen LogP contribution in [0.1, 0.15) is 30.6 Å². The van der Waals surface area contributed by atoms with Crippen molar-refractivity contribution in [2.24, 2.45) is 0 Å². The van der Waals surface area contributed by atoms with Crippen LogP contribution in [0, 0.1) is 0 Å². The first-order valence-electron chi connectivity index (χ1n) is 6.95. The van der Waals surface area contributed by atoms with Crippen molar-refractivity contribution >= 4 is 28.3 Å². The molecule has 1 aromatic heterocycles. The summed E-state index contributed by atoms with van der Waals surface area (Å²) in [7, 11) is 2.14. The molecule has 1 aliphatic heterocycles. The van der Waals surface area contributed by atoms with Gasteiger partial charge in [-0.1, -0.05) is 6.92 Å². The zero-order valence-electron chi connectivity index (χ0n) is 12.3. The number of ether oxygens (including phenoxy) is 1. The Labute approximate surface area is 123 Å². The summed E-state index contributed by atoms with van der Waals surface area (Å²) in [6.07, 6.45) is 1.08. The Morgan fingerprint density at radius 3 is 2.90 bits per heavy atom. The van der Waals surface area contributed by atoms with E-state index in [4.69, 9.17) is 10.5 Å². The molecule has 1 atom stereocenters. The van der Waals surface area contributed by atoms with Crippen molar-refractivity contribution in [3.8, 4) is 0 Å². The van der Waals surface area contributed by atoms with Crippen molar-refractivity contribution in [2.75, 3.05) is 43.9 Å². The molecule has 2 heterocycles. The standard InChI is InChI=1S/C13H22N4O2S/c1-4-9-8-17(7-6-16(9)3)12-10(11(14)15-20-12)13(18)19-5-2/h9H,4-8H2,1-3H3,(H2,14,15). The first-order chi connectivity index (χ1) is 9.58. The number of hydrogen-bond acceptors (Lipinski definition) is 7. The Kier molecular flexibility index (Phi) is 4.82. The van der Waals surface area contributed by atoms with Crippen LogP contribution in [0.5, 0.6) is 0 Å². The highest BCUT2D eigenvalue weighted by molar-refractivity contribution is 7.11. The fourth-order valence-electron chi connectivity index (χ4n) is 2.48. The molecule has 0 bridgehead atoms. The van der Waals surface area contributed by atoms with Crippen LogP contribution >= 0.6 is 11.5 Å². The lowest BCUT2D eigenvalue weighted by Crippen LogP contribution is -2.51. The highest BCUT2D eigenvalue weighted by atomic mass is 32.1. The van der Waals surface area contributed by atoms with Crippen LogP contribution < -0.4 is 10.6 Å². The molecule has 0 saturated carbocycles. The van der Waals surface area contributed by atoms with Gasteiger partial charge in [0.25, 0.3) is 0 Å². The zero-order valence-corrected chi connectivity index (χ0v) is 13.1. The van der Waals surface area contributed by atoms with E-state index in [-0.39, 0.29) is 11.8 Å². The van der Waals surface area contributed by atoms with Crippen molar-refractivity contribution in [1.29, 1.82) is 0 Å². The summed E-state index contributed by atoms with van der Waals surface area (Å²) in [4.78, 5) is 16.6. The number of nitrogens with two attached hydrogens (primary N) is 1. The number of anilines is 2. The van der Waals surface area contributed by atoms with Crippen molar-refractivity contribution in [3.63, 3.8) is 0 Å². The molecule has 1 saturated heterocycles. The van der Waals surface area contributed by atoms with Crippen LogP contribution in [0.2, 0.25) is 0 Å². The van der Waals surface area contributed by atoms with Gasteiger partial charge in [-0.15, -0.1) is 0 Å². The van der Waals surface area contributed by atoms with Gasteiger partial charge in [-0.3, -0.25) is 4.90 Å². The van der Waals surface area contributed by atoms with Crippen LogP contribution in [0.15, 0.2) is 0 Å². The molecule has 0 spiro atoms. The fourth-order valence-corrected chi connectivity index (χ4v) is 3.31. The molecule has 2 rings (SSSR count). The number of carbonyl (C=O) groups excluding carboxylic acids is 1. The average molecular weight is 298 g/mol. The van der Waals surface area contributed by atoms with Gasteiger partial charge >= 0.3 is 5.97 Å². The number of carbonyl (C=O) groups is 1. The molecule has 1 unspecified atom stereocenters. The van der Waals surface area contributed by atoms with Gasteiger partial charge in [0, 0.05) is 25.7 Å². The number of rotatable bonds is 4. The van der Waals surface area contributed by atoms with Gasteiger partial charge < -0.3 is 15.4 Å². The summed E-state index contributed by atoms with van der Waals surface area (Å²) in [6, 6.07) is 0.488. The van der Waals surface area contributed by atoms with E-state index in [1.165, 1.54) is 11.5 Å². The van der Waals surface area contributed by atoms with Gasteiger partial charge in [-0.2, -0.15) is 4.37 Å². The number of aromatic nitrogens is 1.